The van der Waals surface area contributed by atoms with Gasteiger partial charge in [-0.2, -0.15) is 0 Å². The maximum Gasteiger partial charge on any atom is 0.127 e. The molecule has 0 saturated carbocycles. The van der Waals surface area contributed by atoms with E-state index in [1.807, 2.05) is 37.3 Å². The standard InChI is InChI=1S/C18H23ClO2/c1-2-14-13-17(21-12-8-4-3-7-11-19)15-9-5-6-10-16(15)18(14)20/h5-6,9-10,13,20H,2-4,7-8,11-12H2,1H3. The van der Waals surface area contributed by atoms with Gasteiger partial charge in [0.15, 0.2) is 0 Å². The molecule has 0 heterocycles. The second-order valence-electron chi connectivity index (χ2n) is 5.23. The molecular formula is C18H23ClO2. The van der Waals surface area contributed by atoms with E-state index in [0.717, 1.165) is 60.1 Å². The van der Waals surface area contributed by atoms with E-state index >= 15 is 0 Å². The summed E-state index contributed by atoms with van der Waals surface area (Å²) < 4.78 is 5.95. The lowest BCUT2D eigenvalue weighted by Crippen LogP contribution is -1.99. The van der Waals surface area contributed by atoms with Crippen LogP contribution >= 0.6 is 11.6 Å². The van der Waals surface area contributed by atoms with Crippen molar-refractivity contribution in [2.45, 2.75) is 39.0 Å². The zero-order valence-electron chi connectivity index (χ0n) is 12.6. The fourth-order valence-electron chi connectivity index (χ4n) is 2.50. The second-order valence-corrected chi connectivity index (χ2v) is 5.61. The van der Waals surface area contributed by atoms with Crippen LogP contribution in [0.25, 0.3) is 10.8 Å². The van der Waals surface area contributed by atoms with Crippen LogP contribution in [-0.4, -0.2) is 17.6 Å². The molecule has 0 aliphatic carbocycles. The van der Waals surface area contributed by atoms with Gasteiger partial charge in [-0.05, 0) is 30.9 Å². The molecular weight excluding hydrogens is 284 g/mol. The SMILES string of the molecule is CCc1cc(OCCCCCCCl)c2ccccc2c1O. The first-order chi connectivity index (χ1) is 10.3. The number of halogens is 1. The summed E-state index contributed by atoms with van der Waals surface area (Å²) in [6.45, 7) is 2.75. The number of alkyl halides is 1. The van der Waals surface area contributed by atoms with E-state index in [1.54, 1.807) is 0 Å². The van der Waals surface area contributed by atoms with Gasteiger partial charge in [0.1, 0.15) is 11.5 Å². The minimum absolute atomic E-state index is 0.377. The summed E-state index contributed by atoms with van der Waals surface area (Å²) in [5.74, 6) is 1.99. The van der Waals surface area contributed by atoms with Gasteiger partial charge in [-0.15, -0.1) is 11.6 Å². The predicted molar refractivity (Wildman–Crippen MR) is 89.7 cm³/mol. The van der Waals surface area contributed by atoms with Gasteiger partial charge in [-0.25, -0.2) is 0 Å². The third kappa shape index (κ3) is 4.04. The Morgan fingerprint density at radius 3 is 2.48 bits per heavy atom. The maximum absolute atomic E-state index is 10.3. The minimum atomic E-state index is 0.377. The Labute approximate surface area is 131 Å². The maximum atomic E-state index is 10.3. The Balaban J connectivity index is 2.10. The number of aromatic hydroxyl groups is 1. The van der Waals surface area contributed by atoms with Crippen molar-refractivity contribution >= 4 is 22.4 Å². The molecule has 0 spiro atoms. The number of unbranched alkanes of at least 4 members (excludes halogenated alkanes) is 3. The summed E-state index contributed by atoms with van der Waals surface area (Å²) in [5, 5.41) is 12.1. The van der Waals surface area contributed by atoms with Crippen molar-refractivity contribution in [1.82, 2.24) is 0 Å². The van der Waals surface area contributed by atoms with E-state index in [9.17, 15) is 5.11 Å². The zero-order chi connectivity index (χ0) is 15.1. The molecule has 2 aromatic rings. The van der Waals surface area contributed by atoms with Gasteiger partial charge in [0, 0.05) is 16.7 Å². The monoisotopic (exact) mass is 306 g/mol. The van der Waals surface area contributed by atoms with Crippen molar-refractivity contribution < 1.29 is 9.84 Å². The first-order valence-electron chi connectivity index (χ1n) is 7.70. The Bertz CT molecular complexity index is 581. The third-order valence-electron chi connectivity index (χ3n) is 3.72. The summed E-state index contributed by atoms with van der Waals surface area (Å²) in [5.41, 5.74) is 0.936. The first kappa shape index (κ1) is 16.0. The average molecular weight is 307 g/mol. The van der Waals surface area contributed by atoms with Crippen LogP contribution < -0.4 is 4.74 Å². The summed E-state index contributed by atoms with van der Waals surface area (Å²) in [6.07, 6.45) is 5.20. The number of fused-ring (bicyclic) bond motifs is 1. The Hall–Kier alpha value is -1.41. The van der Waals surface area contributed by atoms with Gasteiger partial charge < -0.3 is 9.84 Å². The molecule has 2 aromatic carbocycles. The van der Waals surface area contributed by atoms with Gasteiger partial charge >= 0.3 is 0 Å². The van der Waals surface area contributed by atoms with E-state index in [2.05, 4.69) is 0 Å². The quantitative estimate of drug-likeness (QED) is 0.530. The highest BCUT2D eigenvalue weighted by molar-refractivity contribution is 6.17. The van der Waals surface area contributed by atoms with E-state index < -0.39 is 0 Å². The largest absolute Gasteiger partial charge is 0.507 e. The fraction of sp³-hybridized carbons (Fsp3) is 0.444. The van der Waals surface area contributed by atoms with E-state index in [0.29, 0.717) is 12.4 Å². The topological polar surface area (TPSA) is 29.5 Å². The van der Waals surface area contributed by atoms with Crippen molar-refractivity contribution in [2.24, 2.45) is 0 Å². The first-order valence-corrected chi connectivity index (χ1v) is 8.23. The van der Waals surface area contributed by atoms with Crippen molar-refractivity contribution in [1.29, 1.82) is 0 Å². The van der Waals surface area contributed by atoms with Crippen LogP contribution in [0.2, 0.25) is 0 Å². The number of hydrogen-bond acceptors (Lipinski definition) is 2. The van der Waals surface area contributed by atoms with E-state index in [4.69, 9.17) is 16.3 Å². The van der Waals surface area contributed by atoms with Gasteiger partial charge in [0.2, 0.25) is 0 Å². The van der Waals surface area contributed by atoms with Crippen molar-refractivity contribution in [2.75, 3.05) is 12.5 Å². The second kappa shape index (κ2) is 8.14. The molecule has 0 fully saturated rings. The number of phenolic OH excluding ortho intramolecular Hbond substituents is 1. The summed E-state index contributed by atoms with van der Waals surface area (Å²) in [4.78, 5) is 0. The molecule has 0 aromatic heterocycles. The van der Waals surface area contributed by atoms with E-state index in [-0.39, 0.29) is 0 Å². The molecule has 0 radical (unpaired) electrons. The molecule has 3 heteroatoms. The van der Waals surface area contributed by atoms with Gasteiger partial charge in [0.05, 0.1) is 6.61 Å². The van der Waals surface area contributed by atoms with Gasteiger partial charge in [0.25, 0.3) is 0 Å². The van der Waals surface area contributed by atoms with E-state index in [1.165, 1.54) is 0 Å². The lowest BCUT2D eigenvalue weighted by Gasteiger charge is -2.13. The minimum Gasteiger partial charge on any atom is -0.507 e. The smallest absolute Gasteiger partial charge is 0.127 e. The highest BCUT2D eigenvalue weighted by Crippen LogP contribution is 2.36. The Kier molecular flexibility index (Phi) is 6.19. The molecule has 0 aliphatic rings. The number of aryl methyl sites for hydroxylation is 1. The van der Waals surface area contributed by atoms with Crippen molar-refractivity contribution in [3.63, 3.8) is 0 Å². The molecule has 0 amide bonds. The lowest BCUT2D eigenvalue weighted by atomic mass is 10.0. The normalized spacial score (nSPS) is 11.0. The molecule has 0 unspecified atom stereocenters. The predicted octanol–water partition coefficient (Wildman–Crippen LogP) is 5.29. The van der Waals surface area contributed by atoms with Crippen LogP contribution in [0, 0.1) is 0 Å². The Morgan fingerprint density at radius 2 is 1.76 bits per heavy atom. The summed E-state index contributed by atoms with van der Waals surface area (Å²) in [6, 6.07) is 9.82. The van der Waals surface area contributed by atoms with Gasteiger partial charge in [-0.3, -0.25) is 0 Å². The number of benzene rings is 2. The molecule has 2 rings (SSSR count). The van der Waals surface area contributed by atoms with Crippen molar-refractivity contribution in [3.8, 4) is 11.5 Å². The van der Waals surface area contributed by atoms with Crippen LogP contribution in [0.5, 0.6) is 11.5 Å². The van der Waals surface area contributed by atoms with Crippen molar-refractivity contribution in [3.05, 3.63) is 35.9 Å². The average Bonchev–Trinajstić information content (AvgIpc) is 2.53. The van der Waals surface area contributed by atoms with Crippen LogP contribution in [-0.2, 0) is 6.42 Å². The zero-order valence-corrected chi connectivity index (χ0v) is 13.3. The highest BCUT2D eigenvalue weighted by Gasteiger charge is 2.10. The number of rotatable bonds is 8. The van der Waals surface area contributed by atoms with Crippen LogP contribution in [0.1, 0.15) is 38.2 Å². The molecule has 114 valence electrons. The van der Waals surface area contributed by atoms with Crippen LogP contribution in [0.4, 0.5) is 0 Å². The van der Waals surface area contributed by atoms with Crippen LogP contribution in [0.15, 0.2) is 30.3 Å². The summed E-state index contributed by atoms with van der Waals surface area (Å²) >= 11 is 5.67. The molecule has 0 atom stereocenters. The van der Waals surface area contributed by atoms with Crippen LogP contribution in [0.3, 0.4) is 0 Å². The molecule has 0 saturated heterocycles. The molecule has 0 bridgehead atoms. The molecule has 0 aliphatic heterocycles. The number of hydrogen-bond donors (Lipinski definition) is 1. The fourth-order valence-corrected chi connectivity index (χ4v) is 2.69. The number of ether oxygens (including phenoxy) is 1. The molecule has 21 heavy (non-hydrogen) atoms. The Morgan fingerprint density at radius 1 is 1.05 bits per heavy atom. The summed E-state index contributed by atoms with van der Waals surface area (Å²) in [7, 11) is 0. The third-order valence-corrected chi connectivity index (χ3v) is 3.99. The number of phenols is 1. The molecule has 1 N–H and O–H groups in total. The highest BCUT2D eigenvalue weighted by atomic mass is 35.5. The lowest BCUT2D eigenvalue weighted by molar-refractivity contribution is 0.308. The van der Waals surface area contributed by atoms with Gasteiger partial charge in [-0.1, -0.05) is 44.0 Å². The molecule has 2 nitrogen and oxygen atoms in total.